The summed E-state index contributed by atoms with van der Waals surface area (Å²) in [4.78, 5) is 8.54. The first-order valence-corrected chi connectivity index (χ1v) is 6.74. The molecule has 0 atom stereocenters. The van der Waals surface area contributed by atoms with E-state index < -0.39 is 0 Å². The van der Waals surface area contributed by atoms with Crippen molar-refractivity contribution >= 4 is 23.2 Å². The summed E-state index contributed by atoms with van der Waals surface area (Å²) in [6, 6.07) is 5.44. The maximum Gasteiger partial charge on any atom is 0.227 e. The second-order valence-electron chi connectivity index (χ2n) is 4.23. The van der Waals surface area contributed by atoms with Crippen LogP contribution in [0.25, 0.3) is 0 Å². The van der Waals surface area contributed by atoms with Crippen LogP contribution in [0.1, 0.15) is 23.9 Å². The van der Waals surface area contributed by atoms with E-state index in [0.717, 1.165) is 11.1 Å². The highest BCUT2D eigenvalue weighted by Crippen LogP contribution is 2.30. The molecule has 0 saturated carbocycles. The first kappa shape index (κ1) is 14.1. The molecule has 3 nitrogen and oxygen atoms in total. The Labute approximate surface area is 122 Å². The van der Waals surface area contributed by atoms with Gasteiger partial charge in [-0.1, -0.05) is 30.1 Å². The number of aromatic nitrogens is 2. The zero-order valence-corrected chi connectivity index (χ0v) is 12.5. The minimum Gasteiger partial charge on any atom is -0.438 e. The van der Waals surface area contributed by atoms with Gasteiger partial charge in [-0.15, -0.1) is 0 Å². The van der Waals surface area contributed by atoms with Gasteiger partial charge in [-0.25, -0.2) is 4.98 Å². The summed E-state index contributed by atoms with van der Waals surface area (Å²) in [5.41, 5.74) is 1.67. The summed E-state index contributed by atoms with van der Waals surface area (Å²) < 4.78 is 5.82. The van der Waals surface area contributed by atoms with E-state index in [1.54, 1.807) is 6.07 Å². The highest BCUT2D eigenvalue weighted by Gasteiger charge is 2.12. The van der Waals surface area contributed by atoms with E-state index in [4.69, 9.17) is 27.9 Å². The molecular formula is C14H14Cl2N2O. The molecule has 5 heteroatoms. The number of aryl methyl sites for hydroxylation is 2. The van der Waals surface area contributed by atoms with Crippen LogP contribution in [0.2, 0.25) is 10.2 Å². The van der Waals surface area contributed by atoms with Crippen LogP contribution in [0.5, 0.6) is 11.6 Å². The molecule has 0 bridgehead atoms. The van der Waals surface area contributed by atoms with Crippen LogP contribution in [0.15, 0.2) is 18.2 Å². The summed E-state index contributed by atoms with van der Waals surface area (Å²) in [5, 5.41) is 1.10. The normalized spacial score (nSPS) is 10.6. The van der Waals surface area contributed by atoms with Crippen molar-refractivity contribution in [3.05, 3.63) is 45.3 Å². The molecule has 0 fully saturated rings. The Morgan fingerprint density at radius 2 is 1.89 bits per heavy atom. The fourth-order valence-corrected chi connectivity index (χ4v) is 2.01. The first-order chi connectivity index (χ1) is 9.01. The van der Waals surface area contributed by atoms with Crippen molar-refractivity contribution in [2.45, 2.75) is 27.2 Å². The van der Waals surface area contributed by atoms with Gasteiger partial charge >= 0.3 is 0 Å². The maximum atomic E-state index is 6.08. The molecule has 0 aliphatic rings. The number of rotatable bonds is 3. The van der Waals surface area contributed by atoms with Crippen LogP contribution >= 0.6 is 23.2 Å². The Bertz CT molecular complexity index is 615. The fraction of sp³-hybridized carbons (Fsp3) is 0.286. The maximum absolute atomic E-state index is 6.08. The molecule has 0 amide bonds. The molecule has 0 spiro atoms. The third-order valence-electron chi connectivity index (χ3n) is 2.75. The number of ether oxygens (including phenoxy) is 1. The van der Waals surface area contributed by atoms with E-state index in [9.17, 15) is 0 Å². The van der Waals surface area contributed by atoms with Gasteiger partial charge in [0.15, 0.2) is 0 Å². The number of benzene rings is 1. The molecule has 2 rings (SSSR count). The minimum absolute atomic E-state index is 0.425. The van der Waals surface area contributed by atoms with Gasteiger partial charge in [-0.3, -0.25) is 0 Å². The number of halogens is 2. The summed E-state index contributed by atoms with van der Waals surface area (Å²) in [6.07, 6.45) is 0.704. The molecule has 1 heterocycles. The topological polar surface area (TPSA) is 35.0 Å². The van der Waals surface area contributed by atoms with Gasteiger partial charge in [0.2, 0.25) is 5.88 Å². The van der Waals surface area contributed by atoms with Crippen molar-refractivity contribution in [1.29, 1.82) is 0 Å². The van der Waals surface area contributed by atoms with Crippen molar-refractivity contribution in [2.24, 2.45) is 0 Å². The summed E-state index contributed by atoms with van der Waals surface area (Å²) in [6.45, 7) is 5.74. The lowest BCUT2D eigenvalue weighted by Gasteiger charge is -2.11. The van der Waals surface area contributed by atoms with E-state index in [1.165, 1.54) is 0 Å². The number of nitrogens with zero attached hydrogens (tertiary/aromatic N) is 2. The molecule has 2 aromatic rings. The van der Waals surface area contributed by atoms with Crippen LogP contribution in [0.4, 0.5) is 0 Å². The lowest BCUT2D eigenvalue weighted by Crippen LogP contribution is -2.00. The van der Waals surface area contributed by atoms with Crippen LogP contribution in [-0.4, -0.2) is 9.97 Å². The largest absolute Gasteiger partial charge is 0.438 e. The lowest BCUT2D eigenvalue weighted by atomic mass is 10.2. The standard InChI is InChI=1S/C14H14Cl2N2O/c1-4-12-17-13(16)9(3)14(18-12)19-11-6-5-10(15)7-8(11)2/h5-7H,4H2,1-3H3. The van der Waals surface area contributed by atoms with Crippen LogP contribution < -0.4 is 4.74 Å². The molecule has 0 aliphatic heterocycles. The number of hydrogen-bond donors (Lipinski definition) is 0. The third-order valence-corrected chi connectivity index (χ3v) is 3.35. The smallest absolute Gasteiger partial charge is 0.227 e. The van der Waals surface area contributed by atoms with Crippen molar-refractivity contribution < 1.29 is 4.74 Å². The van der Waals surface area contributed by atoms with E-state index in [0.29, 0.717) is 34.1 Å². The molecule has 0 radical (unpaired) electrons. The average Bonchev–Trinajstić information content (AvgIpc) is 2.37. The summed E-state index contributed by atoms with van der Waals surface area (Å²) in [7, 11) is 0. The van der Waals surface area contributed by atoms with Gasteiger partial charge in [0, 0.05) is 17.0 Å². The fourth-order valence-electron chi connectivity index (χ4n) is 1.60. The lowest BCUT2D eigenvalue weighted by molar-refractivity contribution is 0.451. The predicted octanol–water partition coefficient (Wildman–Crippen LogP) is 4.75. The highest BCUT2D eigenvalue weighted by atomic mass is 35.5. The molecule has 1 aromatic carbocycles. The first-order valence-electron chi connectivity index (χ1n) is 5.98. The molecule has 1 aromatic heterocycles. The monoisotopic (exact) mass is 296 g/mol. The Kier molecular flexibility index (Phi) is 4.27. The van der Waals surface area contributed by atoms with Gasteiger partial charge in [0.25, 0.3) is 0 Å². The third kappa shape index (κ3) is 3.17. The molecule has 0 N–H and O–H groups in total. The van der Waals surface area contributed by atoms with E-state index in [-0.39, 0.29) is 0 Å². The Morgan fingerprint density at radius 3 is 2.53 bits per heavy atom. The zero-order chi connectivity index (χ0) is 14.0. The SMILES string of the molecule is CCc1nc(Cl)c(C)c(Oc2ccc(Cl)cc2C)n1. The predicted molar refractivity (Wildman–Crippen MR) is 77.4 cm³/mol. The van der Waals surface area contributed by atoms with E-state index in [1.807, 2.05) is 32.9 Å². The Balaban J connectivity index is 2.40. The van der Waals surface area contributed by atoms with Crippen molar-refractivity contribution in [3.63, 3.8) is 0 Å². The Morgan fingerprint density at radius 1 is 1.16 bits per heavy atom. The van der Waals surface area contributed by atoms with Crippen LogP contribution in [0.3, 0.4) is 0 Å². The second kappa shape index (κ2) is 5.76. The van der Waals surface area contributed by atoms with Gasteiger partial charge in [-0.2, -0.15) is 4.98 Å². The van der Waals surface area contributed by atoms with E-state index in [2.05, 4.69) is 9.97 Å². The van der Waals surface area contributed by atoms with Crippen LogP contribution in [0, 0.1) is 13.8 Å². The van der Waals surface area contributed by atoms with Gasteiger partial charge in [0.05, 0.1) is 0 Å². The molecule has 0 saturated heterocycles. The summed E-state index contributed by atoms with van der Waals surface area (Å²) in [5.74, 6) is 1.86. The highest BCUT2D eigenvalue weighted by molar-refractivity contribution is 6.30. The molecule has 0 unspecified atom stereocenters. The van der Waals surface area contributed by atoms with E-state index >= 15 is 0 Å². The van der Waals surface area contributed by atoms with Gasteiger partial charge in [-0.05, 0) is 37.6 Å². The quantitative estimate of drug-likeness (QED) is 0.766. The van der Waals surface area contributed by atoms with Crippen molar-refractivity contribution in [1.82, 2.24) is 9.97 Å². The zero-order valence-electron chi connectivity index (χ0n) is 11.0. The second-order valence-corrected chi connectivity index (χ2v) is 5.02. The molecule has 100 valence electrons. The van der Waals surface area contributed by atoms with Gasteiger partial charge in [0.1, 0.15) is 16.7 Å². The summed E-state index contributed by atoms with van der Waals surface area (Å²) >= 11 is 12.0. The molecular weight excluding hydrogens is 283 g/mol. The van der Waals surface area contributed by atoms with Crippen molar-refractivity contribution in [2.75, 3.05) is 0 Å². The van der Waals surface area contributed by atoms with Crippen LogP contribution in [-0.2, 0) is 6.42 Å². The van der Waals surface area contributed by atoms with Crippen molar-refractivity contribution in [3.8, 4) is 11.6 Å². The average molecular weight is 297 g/mol. The molecule has 19 heavy (non-hydrogen) atoms. The van der Waals surface area contributed by atoms with Gasteiger partial charge < -0.3 is 4.74 Å². The Hall–Kier alpha value is -1.32. The molecule has 0 aliphatic carbocycles. The minimum atomic E-state index is 0.425. The number of hydrogen-bond acceptors (Lipinski definition) is 3.